The van der Waals surface area contributed by atoms with E-state index in [9.17, 15) is 9.18 Å². The zero-order valence-electron chi connectivity index (χ0n) is 12.7. The Hall–Kier alpha value is -3.46. The zero-order valence-corrected chi connectivity index (χ0v) is 12.7. The van der Waals surface area contributed by atoms with Crippen LogP contribution in [0.3, 0.4) is 0 Å². The maximum Gasteiger partial charge on any atom is 0.170 e. The number of nitrogens with zero attached hydrogens (tertiary/aromatic N) is 3. The predicted octanol–water partition coefficient (Wildman–Crippen LogP) is 3.37. The molecular weight excluding hydrogens is 309 g/mol. The van der Waals surface area contributed by atoms with E-state index in [0.717, 1.165) is 5.69 Å². The van der Waals surface area contributed by atoms with Crippen LogP contribution < -0.4 is 4.74 Å². The molecule has 2 aromatic carbocycles. The lowest BCUT2D eigenvalue weighted by Crippen LogP contribution is -1.97. The van der Waals surface area contributed by atoms with Gasteiger partial charge < -0.3 is 4.74 Å². The molecule has 24 heavy (non-hydrogen) atoms. The molecule has 5 nitrogen and oxygen atoms in total. The molecule has 6 heteroatoms. The monoisotopic (exact) mass is 321 g/mol. The van der Waals surface area contributed by atoms with Crippen LogP contribution in [0.2, 0.25) is 0 Å². The van der Waals surface area contributed by atoms with E-state index in [1.165, 1.54) is 12.1 Å². The number of aromatic nitrogens is 2. The molecule has 0 saturated carbocycles. The van der Waals surface area contributed by atoms with Crippen molar-refractivity contribution in [3.63, 3.8) is 0 Å². The zero-order chi connectivity index (χ0) is 17.1. The van der Waals surface area contributed by atoms with Crippen LogP contribution in [0.1, 0.15) is 16.1 Å². The molecule has 0 saturated heterocycles. The lowest BCUT2D eigenvalue weighted by molar-refractivity contribution is 0.111. The summed E-state index contributed by atoms with van der Waals surface area (Å²) in [7, 11) is 1.57. The molecule has 0 aliphatic carbocycles. The molecule has 0 aliphatic heterocycles. The second kappa shape index (κ2) is 6.34. The van der Waals surface area contributed by atoms with Crippen molar-refractivity contribution in [2.24, 2.45) is 0 Å². The van der Waals surface area contributed by atoms with Crippen molar-refractivity contribution in [3.8, 4) is 28.9 Å². The summed E-state index contributed by atoms with van der Waals surface area (Å²) in [6, 6.07) is 13.2. The Labute approximate surface area is 137 Å². The number of imidazole rings is 1. The van der Waals surface area contributed by atoms with E-state index in [4.69, 9.17) is 10.00 Å². The minimum absolute atomic E-state index is 0.0445. The van der Waals surface area contributed by atoms with Crippen LogP contribution in [0.4, 0.5) is 4.39 Å². The van der Waals surface area contributed by atoms with Crippen molar-refractivity contribution in [3.05, 3.63) is 65.7 Å². The molecule has 0 amide bonds. The number of halogens is 1. The number of carbonyl (C=O) groups excluding carboxylic acids is 1. The quantitative estimate of drug-likeness (QED) is 0.691. The first kappa shape index (κ1) is 15.4. The summed E-state index contributed by atoms with van der Waals surface area (Å²) in [5, 5.41) is 8.84. The van der Waals surface area contributed by atoms with Crippen LogP contribution in [-0.4, -0.2) is 22.9 Å². The van der Waals surface area contributed by atoms with Crippen LogP contribution in [0.5, 0.6) is 5.75 Å². The van der Waals surface area contributed by atoms with Gasteiger partial charge in [0.1, 0.15) is 29.2 Å². The highest BCUT2D eigenvalue weighted by Gasteiger charge is 2.14. The molecule has 0 atom stereocenters. The molecule has 0 spiro atoms. The normalized spacial score (nSPS) is 10.2. The Kier molecular flexibility index (Phi) is 4.08. The summed E-state index contributed by atoms with van der Waals surface area (Å²) >= 11 is 0. The van der Waals surface area contributed by atoms with Gasteiger partial charge in [0.05, 0.1) is 12.7 Å². The maximum atomic E-state index is 13.9. The van der Waals surface area contributed by atoms with Crippen molar-refractivity contribution in [2.45, 2.75) is 0 Å². The van der Waals surface area contributed by atoms with E-state index in [1.54, 1.807) is 54.3 Å². The van der Waals surface area contributed by atoms with Crippen LogP contribution in [-0.2, 0) is 0 Å². The van der Waals surface area contributed by atoms with Gasteiger partial charge in [0.15, 0.2) is 6.29 Å². The van der Waals surface area contributed by atoms with Gasteiger partial charge in [0.25, 0.3) is 0 Å². The summed E-state index contributed by atoms with van der Waals surface area (Å²) in [4.78, 5) is 15.3. The molecule has 118 valence electrons. The molecule has 0 fully saturated rings. The van der Waals surface area contributed by atoms with Crippen LogP contribution >= 0.6 is 0 Å². The van der Waals surface area contributed by atoms with Crippen molar-refractivity contribution in [1.82, 2.24) is 9.55 Å². The highest BCUT2D eigenvalue weighted by Crippen LogP contribution is 2.25. The number of rotatable bonds is 4. The molecule has 0 unspecified atom stereocenters. The molecule has 3 aromatic rings. The first-order valence-electron chi connectivity index (χ1n) is 7.05. The second-order valence-electron chi connectivity index (χ2n) is 4.98. The molecule has 0 radical (unpaired) electrons. The van der Waals surface area contributed by atoms with Crippen LogP contribution in [0.25, 0.3) is 17.1 Å². The van der Waals surface area contributed by atoms with E-state index >= 15 is 0 Å². The molecular formula is C18H12FN3O2. The van der Waals surface area contributed by atoms with E-state index in [2.05, 4.69) is 4.98 Å². The Morgan fingerprint density at radius 2 is 2.00 bits per heavy atom. The number of carbonyl (C=O) groups is 1. The molecule has 0 N–H and O–H groups in total. The number of nitriles is 1. The number of methoxy groups -OCH3 is 1. The predicted molar refractivity (Wildman–Crippen MR) is 85.6 cm³/mol. The van der Waals surface area contributed by atoms with Gasteiger partial charge in [-0.3, -0.25) is 9.36 Å². The molecule has 3 rings (SSSR count). The van der Waals surface area contributed by atoms with Gasteiger partial charge in [0.2, 0.25) is 0 Å². The van der Waals surface area contributed by atoms with Crippen molar-refractivity contribution in [2.75, 3.05) is 7.11 Å². The number of hydrogen-bond acceptors (Lipinski definition) is 4. The largest absolute Gasteiger partial charge is 0.497 e. The minimum Gasteiger partial charge on any atom is -0.497 e. The third kappa shape index (κ3) is 2.75. The van der Waals surface area contributed by atoms with Crippen molar-refractivity contribution >= 4 is 6.29 Å². The lowest BCUT2D eigenvalue weighted by atomic mass is 10.1. The number of benzene rings is 2. The smallest absolute Gasteiger partial charge is 0.170 e. The summed E-state index contributed by atoms with van der Waals surface area (Å²) in [6.07, 6.45) is 2.20. The van der Waals surface area contributed by atoms with Gasteiger partial charge in [-0.2, -0.15) is 5.26 Å². The fourth-order valence-electron chi connectivity index (χ4n) is 2.34. The molecule has 1 aromatic heterocycles. The SMILES string of the molecule is COc1ccc(-n2cc(C=O)nc2-c2ccc(C#N)c(F)c2)cc1. The van der Waals surface area contributed by atoms with Crippen LogP contribution in [0, 0.1) is 17.1 Å². The summed E-state index contributed by atoms with van der Waals surface area (Å²) < 4.78 is 20.7. The summed E-state index contributed by atoms with van der Waals surface area (Å²) in [6.45, 7) is 0. The van der Waals surface area contributed by atoms with E-state index < -0.39 is 5.82 Å². The maximum absolute atomic E-state index is 13.9. The van der Waals surface area contributed by atoms with Gasteiger partial charge in [-0.1, -0.05) is 0 Å². The van der Waals surface area contributed by atoms with E-state index in [-0.39, 0.29) is 11.3 Å². The van der Waals surface area contributed by atoms with Crippen molar-refractivity contribution < 1.29 is 13.9 Å². The minimum atomic E-state index is -0.632. The first-order chi connectivity index (χ1) is 11.7. The second-order valence-corrected chi connectivity index (χ2v) is 4.98. The number of ether oxygens (including phenoxy) is 1. The van der Waals surface area contributed by atoms with Crippen LogP contribution in [0.15, 0.2) is 48.7 Å². The Morgan fingerprint density at radius 1 is 1.25 bits per heavy atom. The van der Waals surface area contributed by atoms with E-state index in [1.807, 2.05) is 0 Å². The van der Waals surface area contributed by atoms with Gasteiger partial charge in [-0.05, 0) is 42.5 Å². The first-order valence-corrected chi connectivity index (χ1v) is 7.05. The lowest BCUT2D eigenvalue weighted by Gasteiger charge is -2.09. The summed E-state index contributed by atoms with van der Waals surface area (Å²) in [5.74, 6) is 0.470. The number of hydrogen-bond donors (Lipinski definition) is 0. The third-order valence-corrected chi connectivity index (χ3v) is 3.54. The standard InChI is InChI=1S/C18H12FN3O2/c1-24-16-6-4-15(5-7-16)22-10-14(11-23)21-18(22)12-2-3-13(9-20)17(19)8-12/h2-8,10-11H,1H3. The average molecular weight is 321 g/mol. The fraction of sp³-hybridized carbons (Fsp3) is 0.0556. The van der Waals surface area contributed by atoms with Crippen molar-refractivity contribution in [1.29, 1.82) is 5.26 Å². The number of aldehydes is 1. The molecule has 1 heterocycles. The average Bonchev–Trinajstić information content (AvgIpc) is 3.06. The Balaban J connectivity index is 2.14. The highest BCUT2D eigenvalue weighted by molar-refractivity contribution is 5.74. The van der Waals surface area contributed by atoms with Gasteiger partial charge in [-0.15, -0.1) is 0 Å². The topological polar surface area (TPSA) is 67.9 Å². The third-order valence-electron chi connectivity index (χ3n) is 3.54. The Bertz CT molecular complexity index is 940. The van der Waals surface area contributed by atoms with Gasteiger partial charge >= 0.3 is 0 Å². The van der Waals surface area contributed by atoms with Gasteiger partial charge in [-0.25, -0.2) is 9.37 Å². The molecule has 0 aliphatic rings. The Morgan fingerprint density at radius 3 is 2.58 bits per heavy atom. The van der Waals surface area contributed by atoms with E-state index in [0.29, 0.717) is 23.4 Å². The molecule has 0 bridgehead atoms. The summed E-state index contributed by atoms with van der Waals surface area (Å²) in [5.41, 5.74) is 1.40. The van der Waals surface area contributed by atoms with Gasteiger partial charge in [0, 0.05) is 17.4 Å². The fourth-order valence-corrected chi connectivity index (χ4v) is 2.34. The highest BCUT2D eigenvalue weighted by atomic mass is 19.1.